The highest BCUT2D eigenvalue weighted by atomic mass is 35.5. The first-order chi connectivity index (χ1) is 17.2. The van der Waals surface area contributed by atoms with Crippen molar-refractivity contribution in [2.45, 2.75) is 26.1 Å². The van der Waals surface area contributed by atoms with Crippen LogP contribution in [0.15, 0.2) is 47.4 Å². The largest absolute Gasteiger partial charge is 0.386 e. The maximum Gasteiger partial charge on any atom is 0.257 e. The number of hydrogen-bond acceptors (Lipinski definition) is 7. The number of carbonyl (C=O) groups excluding carboxylic acids is 1. The predicted octanol–water partition coefficient (Wildman–Crippen LogP) is 4.59. The van der Waals surface area contributed by atoms with Gasteiger partial charge in [-0.15, -0.1) is 22.7 Å². The number of hydrogen-bond donors (Lipinski definition) is 2. The summed E-state index contributed by atoms with van der Waals surface area (Å²) in [5.74, 6) is -0.423. The molecule has 0 radical (unpaired) electrons. The molecule has 0 aliphatic heterocycles. The Morgan fingerprint density at radius 2 is 1.97 bits per heavy atom. The molecule has 0 spiro atoms. The Hall–Kier alpha value is -3.00. The molecular formula is C26H25ClN4O3S2. The van der Waals surface area contributed by atoms with Crippen LogP contribution in [-0.2, 0) is 20.1 Å². The molecule has 0 saturated heterocycles. The summed E-state index contributed by atoms with van der Waals surface area (Å²) in [4.78, 5) is 30.4. The molecule has 1 amide bonds. The van der Waals surface area contributed by atoms with Gasteiger partial charge in [0.25, 0.3) is 5.91 Å². The predicted molar refractivity (Wildman–Crippen MR) is 145 cm³/mol. The first kappa shape index (κ1) is 26.1. The molecule has 1 aromatic carbocycles. The second-order valence-electron chi connectivity index (χ2n) is 8.65. The average molecular weight is 541 g/mol. The molecule has 7 nitrogen and oxygen atoms in total. The van der Waals surface area contributed by atoms with Crippen molar-refractivity contribution in [1.29, 1.82) is 5.26 Å². The van der Waals surface area contributed by atoms with Crippen LogP contribution < -0.4 is 10.7 Å². The molecule has 1 atom stereocenters. The van der Waals surface area contributed by atoms with Gasteiger partial charge in [0.05, 0.1) is 10.2 Å². The maximum absolute atomic E-state index is 13.3. The van der Waals surface area contributed by atoms with Crippen LogP contribution in [-0.4, -0.2) is 34.1 Å². The zero-order chi connectivity index (χ0) is 26.0. The molecule has 0 aliphatic carbocycles. The van der Waals surface area contributed by atoms with E-state index >= 15 is 0 Å². The number of nitriles is 1. The van der Waals surface area contributed by atoms with E-state index in [-0.39, 0.29) is 11.0 Å². The minimum atomic E-state index is -0.709. The Morgan fingerprint density at radius 1 is 1.25 bits per heavy atom. The molecule has 3 aromatic heterocycles. The van der Waals surface area contributed by atoms with Gasteiger partial charge >= 0.3 is 0 Å². The molecule has 1 unspecified atom stereocenters. The highest BCUT2D eigenvalue weighted by Gasteiger charge is 2.21. The number of halogens is 1. The second kappa shape index (κ2) is 10.9. The SMILES string of the molecule is Cc1c(CN(C)CC(O)c2ccc(C#N)s2)sc2c(=O)c(C(=O)NCc3ccc(Cl)cc3)cn(C)c12. The van der Waals surface area contributed by atoms with E-state index in [1.807, 2.05) is 42.6 Å². The number of pyridine rings is 1. The van der Waals surface area contributed by atoms with Crippen LogP contribution in [0.25, 0.3) is 10.2 Å². The molecule has 0 fully saturated rings. The molecule has 186 valence electrons. The van der Waals surface area contributed by atoms with Crippen molar-refractivity contribution >= 4 is 50.4 Å². The molecule has 10 heteroatoms. The topological polar surface area (TPSA) is 98.4 Å². The molecule has 4 rings (SSSR count). The van der Waals surface area contributed by atoms with Gasteiger partial charge in [0.1, 0.15) is 22.6 Å². The molecular weight excluding hydrogens is 516 g/mol. The molecule has 0 saturated carbocycles. The third-order valence-corrected chi connectivity index (χ3v) is 8.52. The standard InChI is InChI=1S/C26H25ClN4O3S2/c1-15-22(14-30(2)13-20(32)21-9-8-18(10-28)35-21)36-25-23(15)31(3)12-19(24(25)33)26(34)29-11-16-4-6-17(27)7-5-16/h4-9,12,20,32H,11,13-14H2,1-3H3,(H,29,34). The first-order valence-electron chi connectivity index (χ1n) is 11.2. The number of carbonyl (C=O) groups is 1. The Kier molecular flexibility index (Phi) is 7.93. The van der Waals surface area contributed by atoms with Crippen molar-refractivity contribution in [2.75, 3.05) is 13.6 Å². The maximum atomic E-state index is 13.3. The molecule has 36 heavy (non-hydrogen) atoms. The van der Waals surface area contributed by atoms with E-state index in [9.17, 15) is 14.7 Å². The summed E-state index contributed by atoms with van der Waals surface area (Å²) in [7, 11) is 3.73. The van der Waals surface area contributed by atoms with Crippen LogP contribution in [0, 0.1) is 18.3 Å². The minimum Gasteiger partial charge on any atom is -0.386 e. The highest BCUT2D eigenvalue weighted by molar-refractivity contribution is 7.19. The number of aliphatic hydroxyl groups is 1. The Labute approximate surface area is 221 Å². The lowest BCUT2D eigenvalue weighted by atomic mass is 10.1. The normalized spacial score (nSPS) is 12.1. The summed E-state index contributed by atoms with van der Waals surface area (Å²) in [5.41, 5.74) is 2.48. The van der Waals surface area contributed by atoms with Gasteiger partial charge in [0, 0.05) is 47.7 Å². The van der Waals surface area contributed by atoms with Gasteiger partial charge in [-0.1, -0.05) is 23.7 Å². The summed E-state index contributed by atoms with van der Waals surface area (Å²) < 4.78 is 2.36. The second-order valence-corrected chi connectivity index (χ2v) is 11.3. The van der Waals surface area contributed by atoms with Gasteiger partial charge < -0.3 is 15.0 Å². The van der Waals surface area contributed by atoms with Crippen LogP contribution in [0.4, 0.5) is 0 Å². The number of amides is 1. The zero-order valence-electron chi connectivity index (χ0n) is 20.0. The third kappa shape index (κ3) is 5.53. The van der Waals surface area contributed by atoms with Crippen LogP contribution in [0.3, 0.4) is 0 Å². The van der Waals surface area contributed by atoms with Gasteiger partial charge in [-0.2, -0.15) is 5.26 Å². The number of nitrogens with zero attached hydrogens (tertiary/aromatic N) is 3. The third-order valence-electron chi connectivity index (χ3n) is 5.91. The zero-order valence-corrected chi connectivity index (χ0v) is 22.4. The smallest absolute Gasteiger partial charge is 0.257 e. The number of aromatic nitrogens is 1. The van der Waals surface area contributed by atoms with E-state index in [4.69, 9.17) is 16.9 Å². The number of benzene rings is 1. The van der Waals surface area contributed by atoms with Gasteiger partial charge in [0.15, 0.2) is 0 Å². The summed E-state index contributed by atoms with van der Waals surface area (Å²) >= 11 is 8.58. The fourth-order valence-electron chi connectivity index (χ4n) is 4.05. The fourth-order valence-corrected chi connectivity index (χ4v) is 6.33. The Morgan fingerprint density at radius 3 is 2.64 bits per heavy atom. The van der Waals surface area contributed by atoms with Crippen molar-refractivity contribution in [3.8, 4) is 6.07 Å². The van der Waals surface area contributed by atoms with Crippen LogP contribution >= 0.6 is 34.3 Å². The first-order valence-corrected chi connectivity index (χ1v) is 13.2. The van der Waals surface area contributed by atoms with Crippen molar-refractivity contribution in [3.05, 3.63) is 89.2 Å². The van der Waals surface area contributed by atoms with Crippen molar-refractivity contribution in [2.24, 2.45) is 7.05 Å². The molecule has 0 aliphatic rings. The lowest BCUT2D eigenvalue weighted by Crippen LogP contribution is -2.29. The van der Waals surface area contributed by atoms with Crippen molar-refractivity contribution in [1.82, 2.24) is 14.8 Å². The summed E-state index contributed by atoms with van der Waals surface area (Å²) in [6.45, 7) is 3.18. The Balaban J connectivity index is 1.52. The number of aryl methyl sites for hydroxylation is 2. The quantitative estimate of drug-likeness (QED) is 0.340. The van der Waals surface area contributed by atoms with Gasteiger partial charge in [-0.05, 0) is 49.4 Å². The molecule has 0 bridgehead atoms. The van der Waals surface area contributed by atoms with Crippen molar-refractivity contribution in [3.63, 3.8) is 0 Å². The summed E-state index contributed by atoms with van der Waals surface area (Å²) in [6, 6.07) is 12.7. The number of thiophene rings is 2. The fraction of sp³-hybridized carbons (Fsp3) is 0.269. The minimum absolute atomic E-state index is 0.0986. The molecule has 3 heterocycles. The van der Waals surface area contributed by atoms with E-state index in [0.717, 1.165) is 26.4 Å². The molecule has 4 aromatic rings. The summed E-state index contributed by atoms with van der Waals surface area (Å²) in [5, 5.41) is 23.0. The van der Waals surface area contributed by atoms with E-state index in [1.54, 1.807) is 30.5 Å². The van der Waals surface area contributed by atoms with Crippen LogP contribution in [0.5, 0.6) is 0 Å². The van der Waals surface area contributed by atoms with Crippen LogP contribution in [0.2, 0.25) is 5.02 Å². The van der Waals surface area contributed by atoms with Crippen LogP contribution in [0.1, 0.15) is 42.2 Å². The van der Waals surface area contributed by atoms with E-state index in [2.05, 4.69) is 11.4 Å². The highest BCUT2D eigenvalue weighted by Crippen LogP contribution is 2.30. The number of nitrogens with one attached hydrogen (secondary N) is 1. The lowest BCUT2D eigenvalue weighted by Gasteiger charge is -2.19. The van der Waals surface area contributed by atoms with Crippen molar-refractivity contribution < 1.29 is 9.90 Å². The lowest BCUT2D eigenvalue weighted by molar-refractivity contribution is 0.0949. The van der Waals surface area contributed by atoms with Gasteiger partial charge in [-0.3, -0.25) is 14.5 Å². The van der Waals surface area contributed by atoms with E-state index in [0.29, 0.717) is 34.2 Å². The average Bonchev–Trinajstić information content (AvgIpc) is 3.46. The Bertz CT molecular complexity index is 1520. The van der Waals surface area contributed by atoms with Gasteiger partial charge in [0.2, 0.25) is 5.43 Å². The molecule has 2 N–H and O–H groups in total. The monoisotopic (exact) mass is 540 g/mol. The summed E-state index contributed by atoms with van der Waals surface area (Å²) in [6.07, 6.45) is 0.876. The number of likely N-dealkylation sites (N-methyl/N-ethyl adjacent to an activating group) is 1. The number of fused-ring (bicyclic) bond motifs is 1. The number of rotatable bonds is 8. The number of aliphatic hydroxyl groups excluding tert-OH is 1. The van der Waals surface area contributed by atoms with E-state index in [1.165, 1.54) is 22.7 Å². The van der Waals surface area contributed by atoms with E-state index < -0.39 is 12.0 Å². The van der Waals surface area contributed by atoms with Gasteiger partial charge in [-0.25, -0.2) is 0 Å².